The minimum Gasteiger partial charge on any atom is -0.497 e. The first-order valence-electron chi connectivity index (χ1n) is 6.74. The number of carbonyl (C=O) groups is 1. The Morgan fingerprint density at radius 1 is 1.35 bits per heavy atom. The molecular formula is C15H21NO4. The monoisotopic (exact) mass is 279 g/mol. The second-order valence-corrected chi connectivity index (χ2v) is 4.88. The lowest BCUT2D eigenvalue weighted by Crippen LogP contribution is -2.34. The van der Waals surface area contributed by atoms with Gasteiger partial charge in [-0.3, -0.25) is 4.79 Å². The van der Waals surface area contributed by atoms with Crippen molar-refractivity contribution >= 4 is 5.91 Å². The van der Waals surface area contributed by atoms with E-state index in [1.54, 1.807) is 14.2 Å². The highest BCUT2D eigenvalue weighted by Gasteiger charge is 2.22. The van der Waals surface area contributed by atoms with Crippen molar-refractivity contribution in [3.63, 3.8) is 0 Å². The largest absolute Gasteiger partial charge is 0.497 e. The summed E-state index contributed by atoms with van der Waals surface area (Å²) in [5.41, 5.74) is 0.968. The number of carbonyl (C=O) groups excluding carboxylic acids is 1. The molecule has 1 aromatic rings. The van der Waals surface area contributed by atoms with Crippen LogP contribution < -0.4 is 9.47 Å². The molecule has 0 bridgehead atoms. The van der Waals surface area contributed by atoms with E-state index in [0.717, 1.165) is 17.1 Å². The Morgan fingerprint density at radius 3 is 2.85 bits per heavy atom. The third-order valence-electron chi connectivity index (χ3n) is 3.40. The normalized spacial score (nSPS) is 19.6. The molecule has 110 valence electrons. The predicted octanol–water partition coefficient (Wildman–Crippen LogP) is 1.84. The minimum atomic E-state index is 0.0608. The lowest BCUT2D eigenvalue weighted by molar-refractivity contribution is -0.131. The fourth-order valence-corrected chi connectivity index (χ4v) is 2.31. The van der Waals surface area contributed by atoms with Crippen molar-refractivity contribution in [1.29, 1.82) is 0 Å². The minimum absolute atomic E-state index is 0.0608. The highest BCUT2D eigenvalue weighted by atomic mass is 16.5. The Kier molecular flexibility index (Phi) is 4.84. The van der Waals surface area contributed by atoms with E-state index in [1.807, 2.05) is 30.0 Å². The Balaban J connectivity index is 2.17. The molecule has 1 fully saturated rings. The molecule has 5 nitrogen and oxygen atoms in total. The molecule has 1 heterocycles. The van der Waals surface area contributed by atoms with E-state index in [0.29, 0.717) is 26.1 Å². The molecule has 1 saturated heterocycles. The number of ether oxygens (including phenoxy) is 3. The molecule has 0 aromatic heterocycles. The van der Waals surface area contributed by atoms with Gasteiger partial charge in [-0.2, -0.15) is 0 Å². The molecule has 0 radical (unpaired) electrons. The Bertz CT molecular complexity index is 475. The van der Waals surface area contributed by atoms with Crippen LogP contribution in [0.15, 0.2) is 18.2 Å². The van der Waals surface area contributed by atoms with Crippen molar-refractivity contribution in [1.82, 2.24) is 4.90 Å². The topological polar surface area (TPSA) is 48.0 Å². The van der Waals surface area contributed by atoms with E-state index < -0.39 is 0 Å². The third-order valence-corrected chi connectivity index (χ3v) is 3.40. The summed E-state index contributed by atoms with van der Waals surface area (Å²) in [5.74, 6) is 1.59. The summed E-state index contributed by atoms with van der Waals surface area (Å²) >= 11 is 0. The number of hydrogen-bond acceptors (Lipinski definition) is 4. The number of nitrogens with zero attached hydrogens (tertiary/aromatic N) is 1. The van der Waals surface area contributed by atoms with Crippen LogP contribution in [0.3, 0.4) is 0 Å². The SMILES string of the molecule is COc1ccc(CN2CC(C)OCCC2=O)c(OC)c1. The molecule has 0 aliphatic carbocycles. The van der Waals surface area contributed by atoms with Crippen molar-refractivity contribution < 1.29 is 19.0 Å². The molecule has 2 rings (SSSR count). The first-order chi connectivity index (χ1) is 9.63. The number of rotatable bonds is 4. The summed E-state index contributed by atoms with van der Waals surface area (Å²) in [6.07, 6.45) is 0.494. The van der Waals surface area contributed by atoms with Gasteiger partial charge in [0.25, 0.3) is 0 Å². The molecular weight excluding hydrogens is 258 g/mol. The fraction of sp³-hybridized carbons (Fsp3) is 0.533. The number of benzene rings is 1. The smallest absolute Gasteiger partial charge is 0.225 e. The molecule has 1 aliphatic heterocycles. The van der Waals surface area contributed by atoms with Crippen LogP contribution in [0.5, 0.6) is 11.5 Å². The van der Waals surface area contributed by atoms with Gasteiger partial charge in [0.05, 0.1) is 33.4 Å². The van der Waals surface area contributed by atoms with Gasteiger partial charge in [0.2, 0.25) is 5.91 Å². The van der Waals surface area contributed by atoms with Crippen LogP contribution in [0.1, 0.15) is 18.9 Å². The zero-order valence-electron chi connectivity index (χ0n) is 12.2. The van der Waals surface area contributed by atoms with Gasteiger partial charge >= 0.3 is 0 Å². The van der Waals surface area contributed by atoms with Crippen LogP contribution in [0.4, 0.5) is 0 Å². The van der Waals surface area contributed by atoms with Gasteiger partial charge in [-0.25, -0.2) is 0 Å². The second kappa shape index (κ2) is 6.61. The molecule has 0 N–H and O–H groups in total. The van der Waals surface area contributed by atoms with Gasteiger partial charge in [-0.1, -0.05) is 0 Å². The van der Waals surface area contributed by atoms with Gasteiger partial charge in [-0.05, 0) is 19.1 Å². The highest BCUT2D eigenvalue weighted by molar-refractivity contribution is 5.76. The second-order valence-electron chi connectivity index (χ2n) is 4.88. The van der Waals surface area contributed by atoms with Crippen molar-refractivity contribution in [3.05, 3.63) is 23.8 Å². The number of methoxy groups -OCH3 is 2. The Hall–Kier alpha value is -1.75. The molecule has 0 saturated carbocycles. The first-order valence-corrected chi connectivity index (χ1v) is 6.74. The summed E-state index contributed by atoms with van der Waals surface area (Å²) in [7, 11) is 3.24. The van der Waals surface area contributed by atoms with Crippen LogP contribution in [0.2, 0.25) is 0 Å². The Morgan fingerprint density at radius 2 is 2.15 bits per heavy atom. The van der Waals surface area contributed by atoms with Crippen LogP contribution in [-0.2, 0) is 16.1 Å². The molecule has 1 aromatic carbocycles. The van der Waals surface area contributed by atoms with Gasteiger partial charge in [0.15, 0.2) is 0 Å². The first kappa shape index (κ1) is 14.7. The van der Waals surface area contributed by atoms with E-state index >= 15 is 0 Å². The van der Waals surface area contributed by atoms with Gasteiger partial charge < -0.3 is 19.1 Å². The van der Waals surface area contributed by atoms with E-state index in [-0.39, 0.29) is 12.0 Å². The summed E-state index contributed by atoms with van der Waals surface area (Å²) in [4.78, 5) is 13.9. The summed E-state index contributed by atoms with van der Waals surface area (Å²) in [6, 6.07) is 5.64. The standard InChI is InChI=1S/C15H21NO4/c1-11-9-16(15(17)6-7-20-11)10-12-4-5-13(18-2)8-14(12)19-3/h4-5,8,11H,6-7,9-10H2,1-3H3. The predicted molar refractivity (Wildman–Crippen MR) is 75.0 cm³/mol. The quantitative estimate of drug-likeness (QED) is 0.844. The van der Waals surface area contributed by atoms with E-state index in [1.165, 1.54) is 0 Å². The average Bonchev–Trinajstić information content (AvgIpc) is 2.61. The molecule has 20 heavy (non-hydrogen) atoms. The van der Waals surface area contributed by atoms with Gasteiger partial charge in [-0.15, -0.1) is 0 Å². The number of amides is 1. The van der Waals surface area contributed by atoms with E-state index in [2.05, 4.69) is 0 Å². The Labute approximate surface area is 119 Å². The average molecular weight is 279 g/mol. The van der Waals surface area contributed by atoms with Crippen LogP contribution in [0.25, 0.3) is 0 Å². The molecule has 5 heteroatoms. The zero-order chi connectivity index (χ0) is 14.5. The van der Waals surface area contributed by atoms with Crippen LogP contribution >= 0.6 is 0 Å². The van der Waals surface area contributed by atoms with E-state index in [9.17, 15) is 4.79 Å². The van der Waals surface area contributed by atoms with Gasteiger partial charge in [0, 0.05) is 24.7 Å². The van der Waals surface area contributed by atoms with Crippen molar-refractivity contribution in [2.75, 3.05) is 27.4 Å². The van der Waals surface area contributed by atoms with E-state index in [4.69, 9.17) is 14.2 Å². The van der Waals surface area contributed by atoms with Crippen molar-refractivity contribution in [2.45, 2.75) is 26.0 Å². The summed E-state index contributed by atoms with van der Waals surface area (Å²) in [5, 5.41) is 0. The molecule has 1 atom stereocenters. The number of hydrogen-bond donors (Lipinski definition) is 0. The van der Waals surface area contributed by atoms with Crippen LogP contribution in [-0.4, -0.2) is 44.3 Å². The highest BCUT2D eigenvalue weighted by Crippen LogP contribution is 2.26. The molecule has 0 spiro atoms. The maximum Gasteiger partial charge on any atom is 0.225 e. The molecule has 1 aliphatic rings. The van der Waals surface area contributed by atoms with Crippen molar-refractivity contribution in [2.24, 2.45) is 0 Å². The lowest BCUT2D eigenvalue weighted by atomic mass is 10.1. The fourth-order valence-electron chi connectivity index (χ4n) is 2.31. The van der Waals surface area contributed by atoms with Crippen molar-refractivity contribution in [3.8, 4) is 11.5 Å². The van der Waals surface area contributed by atoms with Crippen LogP contribution in [0, 0.1) is 0 Å². The summed E-state index contributed by atoms with van der Waals surface area (Å²) in [6.45, 7) is 3.61. The maximum absolute atomic E-state index is 12.1. The zero-order valence-corrected chi connectivity index (χ0v) is 12.2. The van der Waals surface area contributed by atoms with Gasteiger partial charge in [0.1, 0.15) is 11.5 Å². The maximum atomic E-state index is 12.1. The summed E-state index contributed by atoms with van der Waals surface area (Å²) < 4.78 is 16.1. The molecule has 1 amide bonds. The molecule has 1 unspecified atom stereocenters. The third kappa shape index (κ3) is 3.42. The lowest BCUT2D eigenvalue weighted by Gasteiger charge is -2.23.